The highest BCUT2D eigenvalue weighted by molar-refractivity contribution is 5.79. The lowest BCUT2D eigenvalue weighted by Gasteiger charge is -2.33. The van der Waals surface area contributed by atoms with Crippen molar-refractivity contribution in [2.24, 2.45) is 16.9 Å². The summed E-state index contributed by atoms with van der Waals surface area (Å²) in [6, 6.07) is -0.217. The fourth-order valence-corrected chi connectivity index (χ4v) is 1.32. The number of nitrogens with two attached hydrogens (primary N) is 2. The van der Waals surface area contributed by atoms with Gasteiger partial charge in [-0.1, -0.05) is 20.8 Å². The molecule has 0 radical (unpaired) electrons. The molecule has 4 nitrogen and oxygen atoms in total. The van der Waals surface area contributed by atoms with Crippen LogP contribution in [0.4, 0.5) is 0 Å². The van der Waals surface area contributed by atoms with E-state index in [2.05, 4.69) is 18.7 Å². The molecular weight excluding hydrogens is 178 g/mol. The second kappa shape index (κ2) is 5.32. The lowest BCUT2D eigenvalue weighted by molar-refractivity contribution is -0.123. The Kier molecular flexibility index (Phi) is 5.08. The zero-order chi connectivity index (χ0) is 11.4. The number of hydrogen-bond acceptors (Lipinski definition) is 3. The van der Waals surface area contributed by atoms with Crippen LogP contribution in [0.5, 0.6) is 0 Å². The maximum absolute atomic E-state index is 11.0. The lowest BCUT2D eigenvalue weighted by Crippen LogP contribution is -2.48. The first-order valence-electron chi connectivity index (χ1n) is 5.07. The minimum atomic E-state index is -0.278. The molecule has 0 fully saturated rings. The predicted octanol–water partition coefficient (Wildman–Crippen LogP) is 0.167. The highest BCUT2D eigenvalue weighted by atomic mass is 16.1. The largest absolute Gasteiger partial charge is 0.368 e. The van der Waals surface area contributed by atoms with Crippen LogP contribution in [0.2, 0.25) is 0 Å². The van der Waals surface area contributed by atoms with E-state index in [1.807, 2.05) is 13.8 Å². The van der Waals surface area contributed by atoms with Gasteiger partial charge < -0.3 is 11.5 Å². The Hall–Kier alpha value is -0.610. The number of carbonyl (C=O) groups excluding carboxylic acids is 1. The number of amides is 1. The van der Waals surface area contributed by atoms with Gasteiger partial charge in [-0.15, -0.1) is 0 Å². The molecule has 14 heavy (non-hydrogen) atoms. The quantitative estimate of drug-likeness (QED) is 0.643. The van der Waals surface area contributed by atoms with E-state index in [-0.39, 0.29) is 17.4 Å². The van der Waals surface area contributed by atoms with Gasteiger partial charge in [0.05, 0.1) is 6.04 Å². The van der Waals surface area contributed by atoms with Crippen molar-refractivity contribution in [1.29, 1.82) is 0 Å². The summed E-state index contributed by atoms with van der Waals surface area (Å²) in [6.07, 6.45) is 0. The second-order valence-electron chi connectivity index (χ2n) is 4.51. The Morgan fingerprint density at radius 2 is 2.00 bits per heavy atom. The van der Waals surface area contributed by atoms with Crippen LogP contribution < -0.4 is 11.5 Å². The summed E-state index contributed by atoms with van der Waals surface area (Å²) in [6.45, 7) is 10.2. The van der Waals surface area contributed by atoms with Crippen LogP contribution in [0.25, 0.3) is 0 Å². The monoisotopic (exact) mass is 201 g/mol. The fourth-order valence-electron chi connectivity index (χ4n) is 1.32. The van der Waals surface area contributed by atoms with Gasteiger partial charge in [-0.3, -0.25) is 9.69 Å². The number of carbonyl (C=O) groups is 1. The van der Waals surface area contributed by atoms with Crippen LogP contribution in [0.3, 0.4) is 0 Å². The van der Waals surface area contributed by atoms with Crippen LogP contribution in [-0.4, -0.2) is 36.5 Å². The van der Waals surface area contributed by atoms with E-state index in [1.54, 1.807) is 0 Å². The second-order valence-corrected chi connectivity index (χ2v) is 4.51. The van der Waals surface area contributed by atoms with Gasteiger partial charge in [0.1, 0.15) is 0 Å². The van der Waals surface area contributed by atoms with Gasteiger partial charge in [-0.05, 0) is 25.4 Å². The molecule has 0 aromatic heterocycles. The molecule has 4 N–H and O–H groups in total. The van der Waals surface area contributed by atoms with Gasteiger partial charge in [0, 0.05) is 6.54 Å². The molecule has 4 heteroatoms. The van der Waals surface area contributed by atoms with Crippen LogP contribution in [0.15, 0.2) is 0 Å². The first kappa shape index (κ1) is 13.4. The smallest absolute Gasteiger partial charge is 0.234 e. The summed E-state index contributed by atoms with van der Waals surface area (Å²) in [5, 5.41) is 0. The average molecular weight is 201 g/mol. The molecule has 0 bridgehead atoms. The summed E-state index contributed by atoms with van der Waals surface area (Å²) in [7, 11) is 0. The van der Waals surface area contributed by atoms with E-state index in [4.69, 9.17) is 11.5 Å². The summed E-state index contributed by atoms with van der Waals surface area (Å²) in [5.74, 6) is -0.278. The van der Waals surface area contributed by atoms with E-state index < -0.39 is 0 Å². The van der Waals surface area contributed by atoms with E-state index in [9.17, 15) is 4.79 Å². The van der Waals surface area contributed by atoms with Crippen molar-refractivity contribution in [3.8, 4) is 0 Å². The van der Waals surface area contributed by atoms with Gasteiger partial charge in [-0.25, -0.2) is 0 Å². The predicted molar refractivity (Wildman–Crippen MR) is 58.7 cm³/mol. The maximum atomic E-state index is 11.0. The SMILES string of the molecule is CCN(CC(C)(C)CN)C(C)C(N)=O. The molecule has 0 aromatic rings. The molecular formula is C10H23N3O. The standard InChI is InChI=1S/C10H23N3O/c1-5-13(8(2)9(12)14)7-10(3,4)6-11/h8H,5-7,11H2,1-4H3,(H2,12,14). The molecule has 0 aromatic carbocycles. The first-order chi connectivity index (χ1) is 6.34. The Morgan fingerprint density at radius 3 is 2.29 bits per heavy atom. The molecule has 0 rings (SSSR count). The third kappa shape index (κ3) is 4.07. The third-order valence-corrected chi connectivity index (χ3v) is 2.55. The molecule has 1 atom stereocenters. The molecule has 0 heterocycles. The fraction of sp³-hybridized carbons (Fsp3) is 0.900. The van der Waals surface area contributed by atoms with Crippen LogP contribution in [0, 0.1) is 5.41 Å². The van der Waals surface area contributed by atoms with E-state index in [0.717, 1.165) is 13.1 Å². The highest BCUT2D eigenvalue weighted by Gasteiger charge is 2.24. The minimum absolute atomic E-state index is 0.0275. The number of hydrogen-bond donors (Lipinski definition) is 2. The van der Waals surface area contributed by atoms with Crippen LogP contribution in [-0.2, 0) is 4.79 Å². The van der Waals surface area contributed by atoms with Crippen molar-refractivity contribution in [3.63, 3.8) is 0 Å². The molecule has 1 unspecified atom stereocenters. The molecule has 84 valence electrons. The Balaban J connectivity index is 4.36. The Labute approximate surface area is 86.6 Å². The van der Waals surface area contributed by atoms with Crippen molar-refractivity contribution in [1.82, 2.24) is 4.90 Å². The molecule has 0 saturated carbocycles. The third-order valence-electron chi connectivity index (χ3n) is 2.55. The van der Waals surface area contributed by atoms with Gasteiger partial charge in [0.2, 0.25) is 5.91 Å². The first-order valence-corrected chi connectivity index (χ1v) is 5.07. The summed E-state index contributed by atoms with van der Waals surface area (Å²) < 4.78 is 0. The normalized spacial score (nSPS) is 14.4. The highest BCUT2D eigenvalue weighted by Crippen LogP contribution is 2.16. The van der Waals surface area contributed by atoms with E-state index in [0.29, 0.717) is 6.54 Å². The summed E-state index contributed by atoms with van der Waals surface area (Å²) in [5.41, 5.74) is 10.9. The van der Waals surface area contributed by atoms with E-state index >= 15 is 0 Å². The Bertz CT molecular complexity index is 192. The minimum Gasteiger partial charge on any atom is -0.368 e. The molecule has 0 aliphatic carbocycles. The molecule has 1 amide bonds. The van der Waals surface area contributed by atoms with Gasteiger partial charge in [0.25, 0.3) is 0 Å². The van der Waals surface area contributed by atoms with Gasteiger partial charge >= 0.3 is 0 Å². The van der Waals surface area contributed by atoms with Gasteiger partial charge in [-0.2, -0.15) is 0 Å². The topological polar surface area (TPSA) is 72.3 Å². The van der Waals surface area contributed by atoms with Crippen molar-refractivity contribution < 1.29 is 4.79 Å². The summed E-state index contributed by atoms with van der Waals surface area (Å²) in [4.78, 5) is 13.1. The number of nitrogens with zero attached hydrogens (tertiary/aromatic N) is 1. The average Bonchev–Trinajstić information content (AvgIpc) is 2.13. The zero-order valence-corrected chi connectivity index (χ0v) is 9.71. The summed E-state index contributed by atoms with van der Waals surface area (Å²) >= 11 is 0. The lowest BCUT2D eigenvalue weighted by atomic mass is 9.92. The molecule has 0 aliphatic heterocycles. The van der Waals surface area contributed by atoms with Gasteiger partial charge in [0.15, 0.2) is 0 Å². The molecule has 0 spiro atoms. The maximum Gasteiger partial charge on any atom is 0.234 e. The van der Waals surface area contributed by atoms with Crippen molar-refractivity contribution >= 4 is 5.91 Å². The number of likely N-dealkylation sites (N-methyl/N-ethyl adjacent to an activating group) is 1. The van der Waals surface area contributed by atoms with Crippen molar-refractivity contribution in [2.75, 3.05) is 19.6 Å². The van der Waals surface area contributed by atoms with E-state index in [1.165, 1.54) is 0 Å². The van der Waals surface area contributed by atoms with Crippen LogP contribution >= 0.6 is 0 Å². The van der Waals surface area contributed by atoms with Crippen molar-refractivity contribution in [2.45, 2.75) is 33.7 Å². The molecule has 0 aliphatic rings. The molecule has 0 saturated heterocycles. The van der Waals surface area contributed by atoms with Crippen LogP contribution in [0.1, 0.15) is 27.7 Å². The number of primary amides is 1. The zero-order valence-electron chi connectivity index (χ0n) is 9.71. The number of rotatable bonds is 6. The van der Waals surface area contributed by atoms with Crippen molar-refractivity contribution in [3.05, 3.63) is 0 Å². The Morgan fingerprint density at radius 1 is 1.50 bits per heavy atom.